The van der Waals surface area contributed by atoms with Gasteiger partial charge in [-0.1, -0.05) is 23.2 Å². The lowest BCUT2D eigenvalue weighted by atomic mass is 10.2. The number of benzene rings is 1. The van der Waals surface area contributed by atoms with E-state index in [1.165, 1.54) is 12.8 Å². The van der Waals surface area contributed by atoms with Gasteiger partial charge in [0.15, 0.2) is 0 Å². The highest BCUT2D eigenvalue weighted by atomic mass is 35.5. The molecule has 1 fully saturated rings. The summed E-state index contributed by atoms with van der Waals surface area (Å²) < 4.78 is 0. The summed E-state index contributed by atoms with van der Waals surface area (Å²) in [4.78, 5) is 13.8. The van der Waals surface area contributed by atoms with Crippen LogP contribution in [-0.4, -0.2) is 24.0 Å². The Kier molecular flexibility index (Phi) is 4.03. The Hall–Kier alpha value is -0.930. The van der Waals surface area contributed by atoms with E-state index >= 15 is 0 Å². The molecule has 2 amide bonds. The van der Waals surface area contributed by atoms with Crippen molar-refractivity contribution < 1.29 is 4.79 Å². The Balaban J connectivity index is 1.99. The molecule has 1 aromatic carbocycles. The first kappa shape index (κ1) is 13.5. The number of carbonyl (C=O) groups excluding carboxylic acids is 1. The third-order valence-electron chi connectivity index (χ3n) is 3.41. The van der Waals surface area contributed by atoms with E-state index in [0.717, 1.165) is 0 Å². The molecule has 0 heterocycles. The molecule has 1 unspecified atom stereocenters. The third-order valence-corrected chi connectivity index (χ3v) is 4.15. The van der Waals surface area contributed by atoms with Crippen LogP contribution in [0.15, 0.2) is 18.2 Å². The number of anilines is 1. The molecule has 1 saturated carbocycles. The molecule has 5 heteroatoms. The van der Waals surface area contributed by atoms with Gasteiger partial charge in [-0.3, -0.25) is 0 Å². The van der Waals surface area contributed by atoms with E-state index < -0.39 is 0 Å². The van der Waals surface area contributed by atoms with Gasteiger partial charge in [-0.25, -0.2) is 4.79 Å². The van der Waals surface area contributed by atoms with Crippen LogP contribution in [0.5, 0.6) is 0 Å². The molecule has 2 rings (SSSR count). The maximum Gasteiger partial charge on any atom is 0.321 e. The van der Waals surface area contributed by atoms with Gasteiger partial charge >= 0.3 is 6.03 Å². The van der Waals surface area contributed by atoms with Crippen LogP contribution in [0.2, 0.25) is 10.0 Å². The minimum Gasteiger partial charge on any atom is -0.325 e. The first-order chi connectivity index (χ1) is 8.49. The quantitative estimate of drug-likeness (QED) is 0.885. The molecule has 1 N–H and O–H groups in total. The molecule has 18 heavy (non-hydrogen) atoms. The van der Waals surface area contributed by atoms with Crippen molar-refractivity contribution in [3.8, 4) is 0 Å². The molecule has 0 saturated heterocycles. The number of carbonyl (C=O) groups is 1. The number of urea groups is 1. The topological polar surface area (TPSA) is 32.3 Å². The van der Waals surface area contributed by atoms with Gasteiger partial charge in [0.05, 0.1) is 10.0 Å². The van der Waals surface area contributed by atoms with Gasteiger partial charge in [-0.2, -0.15) is 0 Å². The molecule has 0 bridgehead atoms. The van der Waals surface area contributed by atoms with Crippen LogP contribution in [0, 0.1) is 5.92 Å². The Morgan fingerprint density at radius 3 is 2.61 bits per heavy atom. The predicted molar refractivity (Wildman–Crippen MR) is 75.4 cm³/mol. The molecule has 98 valence electrons. The van der Waals surface area contributed by atoms with Crippen molar-refractivity contribution in [2.75, 3.05) is 12.4 Å². The van der Waals surface area contributed by atoms with Crippen molar-refractivity contribution in [2.24, 2.45) is 5.92 Å². The zero-order valence-corrected chi connectivity index (χ0v) is 11.9. The average Bonchev–Trinajstić information content (AvgIpc) is 3.16. The molecule has 0 spiro atoms. The normalized spacial score (nSPS) is 16.2. The fourth-order valence-corrected chi connectivity index (χ4v) is 2.16. The van der Waals surface area contributed by atoms with Crippen molar-refractivity contribution in [2.45, 2.75) is 25.8 Å². The zero-order valence-electron chi connectivity index (χ0n) is 10.4. The summed E-state index contributed by atoms with van der Waals surface area (Å²) in [7, 11) is 1.82. The molecule has 3 nitrogen and oxygen atoms in total. The van der Waals surface area contributed by atoms with Crippen LogP contribution in [0.4, 0.5) is 10.5 Å². The van der Waals surface area contributed by atoms with Crippen LogP contribution in [0.3, 0.4) is 0 Å². The highest BCUT2D eigenvalue weighted by molar-refractivity contribution is 6.42. The lowest BCUT2D eigenvalue weighted by Gasteiger charge is -2.25. The smallest absolute Gasteiger partial charge is 0.321 e. The van der Waals surface area contributed by atoms with E-state index in [1.54, 1.807) is 23.1 Å². The first-order valence-corrected chi connectivity index (χ1v) is 6.73. The van der Waals surface area contributed by atoms with Crippen LogP contribution in [0.1, 0.15) is 19.8 Å². The fourth-order valence-electron chi connectivity index (χ4n) is 1.87. The predicted octanol–water partition coefficient (Wildman–Crippen LogP) is 4.26. The average molecular weight is 287 g/mol. The fraction of sp³-hybridized carbons (Fsp3) is 0.462. The Labute approximate surface area is 117 Å². The van der Waals surface area contributed by atoms with Crippen LogP contribution in [0.25, 0.3) is 0 Å². The molecule has 1 aromatic rings. The largest absolute Gasteiger partial charge is 0.325 e. The van der Waals surface area contributed by atoms with Gasteiger partial charge < -0.3 is 10.2 Å². The number of nitrogens with one attached hydrogen (secondary N) is 1. The van der Waals surface area contributed by atoms with Crippen molar-refractivity contribution >= 4 is 34.9 Å². The Morgan fingerprint density at radius 2 is 2.06 bits per heavy atom. The Bertz CT molecular complexity index is 460. The van der Waals surface area contributed by atoms with Crippen molar-refractivity contribution in [1.82, 2.24) is 4.90 Å². The van der Waals surface area contributed by atoms with Gasteiger partial charge in [-0.05, 0) is 43.9 Å². The number of rotatable bonds is 3. The lowest BCUT2D eigenvalue weighted by Crippen LogP contribution is -2.39. The van der Waals surface area contributed by atoms with Gasteiger partial charge in [-0.15, -0.1) is 0 Å². The molecule has 0 aliphatic heterocycles. The third kappa shape index (κ3) is 3.09. The first-order valence-electron chi connectivity index (χ1n) is 5.98. The summed E-state index contributed by atoms with van der Waals surface area (Å²) >= 11 is 11.7. The molecule has 1 aliphatic carbocycles. The van der Waals surface area contributed by atoms with Gasteiger partial charge in [0.2, 0.25) is 0 Å². The Morgan fingerprint density at radius 1 is 1.39 bits per heavy atom. The van der Waals surface area contributed by atoms with Crippen LogP contribution >= 0.6 is 23.2 Å². The van der Waals surface area contributed by atoms with Crippen LogP contribution < -0.4 is 5.32 Å². The maximum absolute atomic E-state index is 12.0. The second kappa shape index (κ2) is 5.37. The van der Waals surface area contributed by atoms with E-state index in [4.69, 9.17) is 23.2 Å². The monoisotopic (exact) mass is 286 g/mol. The summed E-state index contributed by atoms with van der Waals surface area (Å²) in [5.74, 6) is 0.648. The number of hydrogen-bond donors (Lipinski definition) is 1. The number of amides is 2. The summed E-state index contributed by atoms with van der Waals surface area (Å²) in [5, 5.41) is 3.74. The lowest BCUT2D eigenvalue weighted by molar-refractivity contribution is 0.201. The molecule has 1 aliphatic rings. The highest BCUT2D eigenvalue weighted by Gasteiger charge is 2.32. The summed E-state index contributed by atoms with van der Waals surface area (Å²) in [6.45, 7) is 2.08. The van der Waals surface area contributed by atoms with E-state index in [1.807, 2.05) is 7.05 Å². The standard InChI is InChI=1S/C13H16Cl2N2O/c1-8(9-3-4-9)17(2)13(18)16-10-5-6-11(14)12(15)7-10/h5-9H,3-4H2,1-2H3,(H,16,18). The van der Waals surface area contributed by atoms with E-state index in [9.17, 15) is 4.79 Å². The van der Waals surface area contributed by atoms with E-state index in [2.05, 4.69) is 12.2 Å². The highest BCUT2D eigenvalue weighted by Crippen LogP contribution is 2.34. The maximum atomic E-state index is 12.0. The molecular formula is C13H16Cl2N2O. The minimum atomic E-state index is -0.118. The van der Waals surface area contributed by atoms with Gasteiger partial charge in [0.1, 0.15) is 0 Å². The van der Waals surface area contributed by atoms with E-state index in [0.29, 0.717) is 21.7 Å². The van der Waals surface area contributed by atoms with Crippen molar-refractivity contribution in [1.29, 1.82) is 0 Å². The van der Waals surface area contributed by atoms with Gasteiger partial charge in [0, 0.05) is 18.8 Å². The summed E-state index contributed by atoms with van der Waals surface area (Å²) in [5.41, 5.74) is 0.657. The second-order valence-electron chi connectivity index (χ2n) is 4.75. The van der Waals surface area contributed by atoms with Crippen molar-refractivity contribution in [3.63, 3.8) is 0 Å². The zero-order chi connectivity index (χ0) is 13.3. The number of nitrogens with zero attached hydrogens (tertiary/aromatic N) is 1. The SMILES string of the molecule is CC(C1CC1)N(C)C(=O)Nc1ccc(Cl)c(Cl)c1. The number of halogens is 2. The molecule has 0 radical (unpaired) electrons. The van der Waals surface area contributed by atoms with Crippen LogP contribution in [-0.2, 0) is 0 Å². The van der Waals surface area contributed by atoms with E-state index in [-0.39, 0.29) is 12.1 Å². The molecule has 0 aromatic heterocycles. The second-order valence-corrected chi connectivity index (χ2v) is 5.56. The molecule has 1 atom stereocenters. The minimum absolute atomic E-state index is 0.118. The molecular weight excluding hydrogens is 271 g/mol. The van der Waals surface area contributed by atoms with Gasteiger partial charge in [0.25, 0.3) is 0 Å². The van der Waals surface area contributed by atoms with Crippen molar-refractivity contribution in [3.05, 3.63) is 28.2 Å². The summed E-state index contributed by atoms with van der Waals surface area (Å²) in [6.07, 6.45) is 2.43. The number of hydrogen-bond acceptors (Lipinski definition) is 1. The summed E-state index contributed by atoms with van der Waals surface area (Å²) in [6, 6.07) is 5.21.